The summed E-state index contributed by atoms with van der Waals surface area (Å²) in [5.74, 6) is 5.61. The summed E-state index contributed by atoms with van der Waals surface area (Å²) < 4.78 is 1.28. The zero-order valence-electron chi connectivity index (χ0n) is 10.6. The van der Waals surface area contributed by atoms with Crippen LogP contribution in [-0.2, 0) is 6.42 Å². The van der Waals surface area contributed by atoms with Crippen LogP contribution in [0.3, 0.4) is 0 Å². The van der Waals surface area contributed by atoms with Crippen molar-refractivity contribution in [3.63, 3.8) is 0 Å². The highest BCUT2D eigenvalue weighted by atomic mass is 127. The van der Waals surface area contributed by atoms with Crippen LogP contribution in [0.5, 0.6) is 0 Å². The molecular weight excluding hydrogens is 323 g/mol. The first kappa shape index (κ1) is 14.9. The Hall–Kier alpha value is -0.130. The maximum absolute atomic E-state index is 5.61. The van der Waals surface area contributed by atoms with Gasteiger partial charge in [0.1, 0.15) is 0 Å². The molecule has 0 aliphatic heterocycles. The van der Waals surface area contributed by atoms with E-state index in [4.69, 9.17) is 5.84 Å². The van der Waals surface area contributed by atoms with Gasteiger partial charge in [0.15, 0.2) is 0 Å². The van der Waals surface area contributed by atoms with Crippen molar-refractivity contribution in [1.82, 2.24) is 5.43 Å². The highest BCUT2D eigenvalue weighted by Crippen LogP contribution is 2.12. The summed E-state index contributed by atoms with van der Waals surface area (Å²) >= 11 is 2.33. The summed E-state index contributed by atoms with van der Waals surface area (Å²) in [5, 5.41) is 0. The number of nitrogens with two attached hydrogens (primary N) is 1. The molecule has 0 amide bonds. The van der Waals surface area contributed by atoms with E-state index in [1.807, 2.05) is 0 Å². The van der Waals surface area contributed by atoms with Crippen LogP contribution in [0.2, 0.25) is 0 Å². The standard InChI is InChI=1S/C14H23IN2/c1-2-3-4-5-6-14(17-16)11-12-7-9-13(15)10-8-12/h7-10,14,17H,2-6,11,16H2,1H3. The molecule has 0 heterocycles. The second-order valence-electron chi connectivity index (χ2n) is 4.54. The van der Waals surface area contributed by atoms with Crippen molar-refractivity contribution in [1.29, 1.82) is 0 Å². The number of rotatable bonds is 8. The number of benzene rings is 1. The molecule has 0 spiro atoms. The Bertz CT molecular complexity index is 298. The predicted molar refractivity (Wildman–Crippen MR) is 82.7 cm³/mol. The lowest BCUT2D eigenvalue weighted by atomic mass is 10.0. The molecule has 1 aromatic rings. The molecule has 0 aromatic heterocycles. The molecular formula is C14H23IN2. The Balaban J connectivity index is 2.33. The zero-order chi connectivity index (χ0) is 12.5. The van der Waals surface area contributed by atoms with E-state index in [9.17, 15) is 0 Å². The average molecular weight is 346 g/mol. The maximum atomic E-state index is 5.61. The molecule has 0 fully saturated rings. The van der Waals surface area contributed by atoms with Gasteiger partial charge >= 0.3 is 0 Å². The van der Waals surface area contributed by atoms with Crippen molar-refractivity contribution in [2.24, 2.45) is 5.84 Å². The Labute approximate surface area is 118 Å². The number of unbranched alkanes of at least 4 members (excludes halogenated alkanes) is 3. The lowest BCUT2D eigenvalue weighted by molar-refractivity contribution is 0.463. The van der Waals surface area contributed by atoms with Crippen LogP contribution in [0.4, 0.5) is 0 Å². The van der Waals surface area contributed by atoms with E-state index in [0.717, 1.165) is 6.42 Å². The quantitative estimate of drug-likeness (QED) is 0.326. The fourth-order valence-corrected chi connectivity index (χ4v) is 2.33. The highest BCUT2D eigenvalue weighted by molar-refractivity contribution is 14.1. The molecule has 1 atom stereocenters. The van der Waals surface area contributed by atoms with Gasteiger partial charge in [0.05, 0.1) is 0 Å². The number of hydrogen-bond acceptors (Lipinski definition) is 2. The van der Waals surface area contributed by atoms with Crippen LogP contribution in [0, 0.1) is 3.57 Å². The minimum absolute atomic E-state index is 0.409. The van der Waals surface area contributed by atoms with Crippen molar-refractivity contribution < 1.29 is 0 Å². The summed E-state index contributed by atoms with van der Waals surface area (Å²) in [7, 11) is 0. The Morgan fingerprint density at radius 2 is 1.88 bits per heavy atom. The molecule has 17 heavy (non-hydrogen) atoms. The molecule has 0 radical (unpaired) electrons. The first-order chi connectivity index (χ1) is 8.26. The third-order valence-electron chi connectivity index (χ3n) is 3.04. The topological polar surface area (TPSA) is 38.0 Å². The van der Waals surface area contributed by atoms with Crippen LogP contribution in [0.25, 0.3) is 0 Å². The van der Waals surface area contributed by atoms with Crippen molar-refractivity contribution in [2.75, 3.05) is 0 Å². The second-order valence-corrected chi connectivity index (χ2v) is 5.79. The lowest BCUT2D eigenvalue weighted by Gasteiger charge is -2.15. The van der Waals surface area contributed by atoms with Crippen molar-refractivity contribution >= 4 is 22.6 Å². The van der Waals surface area contributed by atoms with Gasteiger partial charge < -0.3 is 0 Å². The third-order valence-corrected chi connectivity index (χ3v) is 3.76. The van der Waals surface area contributed by atoms with Crippen LogP contribution in [-0.4, -0.2) is 6.04 Å². The van der Waals surface area contributed by atoms with E-state index in [-0.39, 0.29) is 0 Å². The first-order valence-corrected chi connectivity index (χ1v) is 7.54. The van der Waals surface area contributed by atoms with Gasteiger partial charge in [0.2, 0.25) is 0 Å². The molecule has 0 aliphatic carbocycles. The molecule has 1 aromatic carbocycles. The molecule has 0 saturated heterocycles. The van der Waals surface area contributed by atoms with Crippen LogP contribution < -0.4 is 11.3 Å². The largest absolute Gasteiger partial charge is 0.271 e. The monoisotopic (exact) mass is 346 g/mol. The lowest BCUT2D eigenvalue weighted by Crippen LogP contribution is -2.36. The average Bonchev–Trinajstić information content (AvgIpc) is 2.35. The molecule has 0 saturated carbocycles. The molecule has 0 aliphatic rings. The molecule has 0 bridgehead atoms. The fraction of sp³-hybridized carbons (Fsp3) is 0.571. The normalized spacial score (nSPS) is 12.6. The van der Waals surface area contributed by atoms with Crippen LogP contribution >= 0.6 is 22.6 Å². The van der Waals surface area contributed by atoms with Gasteiger partial charge in [-0.15, -0.1) is 0 Å². The van der Waals surface area contributed by atoms with E-state index >= 15 is 0 Å². The number of hydrazine groups is 1. The van der Waals surface area contributed by atoms with Crippen LogP contribution in [0.1, 0.15) is 44.6 Å². The third kappa shape index (κ3) is 6.38. The minimum atomic E-state index is 0.409. The fourth-order valence-electron chi connectivity index (χ4n) is 1.97. The highest BCUT2D eigenvalue weighted by Gasteiger charge is 2.07. The SMILES string of the molecule is CCCCCCC(Cc1ccc(I)cc1)NN. The predicted octanol–water partition coefficient (Wildman–Crippen LogP) is 3.64. The Morgan fingerprint density at radius 1 is 1.18 bits per heavy atom. The van der Waals surface area contributed by atoms with Gasteiger partial charge in [-0.25, -0.2) is 0 Å². The Morgan fingerprint density at radius 3 is 2.47 bits per heavy atom. The first-order valence-electron chi connectivity index (χ1n) is 6.46. The van der Waals surface area contributed by atoms with Crippen molar-refractivity contribution in [2.45, 2.75) is 51.5 Å². The van der Waals surface area contributed by atoms with E-state index in [2.05, 4.69) is 59.2 Å². The summed E-state index contributed by atoms with van der Waals surface area (Å²) in [6.07, 6.45) is 7.41. The molecule has 3 N–H and O–H groups in total. The van der Waals surface area contributed by atoms with E-state index in [1.165, 1.54) is 41.2 Å². The summed E-state index contributed by atoms with van der Waals surface area (Å²) in [4.78, 5) is 0. The minimum Gasteiger partial charge on any atom is -0.271 e. The Kier molecular flexibility index (Phi) is 7.81. The second kappa shape index (κ2) is 8.89. The summed E-state index contributed by atoms with van der Waals surface area (Å²) in [5.41, 5.74) is 4.30. The van der Waals surface area contributed by atoms with Gasteiger partial charge in [-0.2, -0.15) is 0 Å². The smallest absolute Gasteiger partial charge is 0.0250 e. The van der Waals surface area contributed by atoms with Gasteiger partial charge in [0.25, 0.3) is 0 Å². The van der Waals surface area contributed by atoms with Gasteiger partial charge in [-0.3, -0.25) is 11.3 Å². The number of nitrogens with one attached hydrogen (secondary N) is 1. The van der Waals surface area contributed by atoms with E-state index in [0.29, 0.717) is 6.04 Å². The number of hydrogen-bond donors (Lipinski definition) is 2. The molecule has 2 nitrogen and oxygen atoms in total. The molecule has 96 valence electrons. The summed E-state index contributed by atoms with van der Waals surface area (Å²) in [6.45, 7) is 2.24. The molecule has 3 heteroatoms. The van der Waals surface area contributed by atoms with Gasteiger partial charge in [-0.05, 0) is 53.1 Å². The van der Waals surface area contributed by atoms with Gasteiger partial charge in [0, 0.05) is 9.61 Å². The molecule has 1 rings (SSSR count). The van der Waals surface area contributed by atoms with Crippen molar-refractivity contribution in [3.8, 4) is 0 Å². The zero-order valence-corrected chi connectivity index (χ0v) is 12.7. The number of halogens is 1. The van der Waals surface area contributed by atoms with E-state index in [1.54, 1.807) is 0 Å². The molecule has 1 unspecified atom stereocenters. The maximum Gasteiger partial charge on any atom is 0.0250 e. The van der Waals surface area contributed by atoms with Crippen LogP contribution in [0.15, 0.2) is 24.3 Å². The van der Waals surface area contributed by atoms with Crippen molar-refractivity contribution in [3.05, 3.63) is 33.4 Å². The summed E-state index contributed by atoms with van der Waals surface area (Å²) in [6, 6.07) is 9.10. The van der Waals surface area contributed by atoms with E-state index < -0.39 is 0 Å². The van der Waals surface area contributed by atoms with Gasteiger partial charge in [-0.1, -0.05) is 44.7 Å².